The zero-order valence-corrected chi connectivity index (χ0v) is 16.6. The average molecular weight is 403 g/mol. The number of carbonyl (C=O) groups is 2. The van der Waals surface area contributed by atoms with Crippen LogP contribution in [0.15, 0.2) is 72.8 Å². The minimum Gasteiger partial charge on any atom is -0.345 e. The van der Waals surface area contributed by atoms with Gasteiger partial charge in [0.05, 0.1) is 22.2 Å². The molecule has 0 heterocycles. The number of para-hydroxylation sites is 1. The van der Waals surface area contributed by atoms with Crippen LogP contribution in [0.4, 0.5) is 11.4 Å². The van der Waals surface area contributed by atoms with Crippen molar-refractivity contribution in [3.63, 3.8) is 0 Å². The highest BCUT2D eigenvalue weighted by Gasteiger charge is 2.18. The SMILES string of the molecule is Cc1ccc(C(=O)Nc2ccccc2C(=O)N[C@H](C)c2ccccc2)cc1[N+](=O)[O-]. The van der Waals surface area contributed by atoms with Gasteiger partial charge in [0, 0.05) is 17.2 Å². The number of aryl methyl sites for hydroxylation is 1. The van der Waals surface area contributed by atoms with Crippen molar-refractivity contribution in [2.24, 2.45) is 0 Å². The molecule has 30 heavy (non-hydrogen) atoms. The molecule has 0 unspecified atom stereocenters. The fourth-order valence-electron chi connectivity index (χ4n) is 3.03. The van der Waals surface area contributed by atoms with Crippen molar-refractivity contribution in [1.29, 1.82) is 0 Å². The molecule has 0 radical (unpaired) electrons. The minimum absolute atomic E-state index is 0.134. The van der Waals surface area contributed by atoms with Crippen molar-refractivity contribution in [2.75, 3.05) is 5.32 Å². The van der Waals surface area contributed by atoms with Gasteiger partial charge in [-0.05, 0) is 37.6 Å². The Kier molecular flexibility index (Phi) is 6.22. The Hall–Kier alpha value is -4.00. The van der Waals surface area contributed by atoms with E-state index in [0.717, 1.165) is 5.56 Å². The monoisotopic (exact) mass is 403 g/mol. The number of nitro groups is 1. The standard InChI is InChI=1S/C23H21N3O4/c1-15-12-13-18(14-21(15)26(29)30)22(27)25-20-11-7-6-10-19(20)23(28)24-16(2)17-8-4-3-5-9-17/h3-14,16H,1-2H3,(H,24,28)(H,25,27)/t16-/m1/s1. The fraction of sp³-hybridized carbons (Fsp3) is 0.130. The second kappa shape index (κ2) is 9.00. The molecular weight excluding hydrogens is 382 g/mol. The smallest absolute Gasteiger partial charge is 0.273 e. The molecule has 1 atom stereocenters. The van der Waals surface area contributed by atoms with Crippen LogP contribution in [-0.2, 0) is 0 Å². The van der Waals surface area contributed by atoms with E-state index in [1.165, 1.54) is 18.2 Å². The number of amides is 2. The van der Waals surface area contributed by atoms with Crippen LogP contribution in [0.5, 0.6) is 0 Å². The van der Waals surface area contributed by atoms with Gasteiger partial charge < -0.3 is 10.6 Å². The van der Waals surface area contributed by atoms with Gasteiger partial charge >= 0.3 is 0 Å². The van der Waals surface area contributed by atoms with Gasteiger partial charge in [-0.15, -0.1) is 0 Å². The first-order valence-corrected chi connectivity index (χ1v) is 9.38. The second-order valence-corrected chi connectivity index (χ2v) is 6.86. The number of hydrogen-bond donors (Lipinski definition) is 2. The third kappa shape index (κ3) is 4.70. The molecule has 0 aliphatic rings. The zero-order chi connectivity index (χ0) is 21.7. The molecule has 0 saturated carbocycles. The van der Waals surface area contributed by atoms with E-state index in [0.29, 0.717) is 16.8 Å². The van der Waals surface area contributed by atoms with E-state index < -0.39 is 10.8 Å². The van der Waals surface area contributed by atoms with E-state index in [-0.39, 0.29) is 23.2 Å². The highest BCUT2D eigenvalue weighted by atomic mass is 16.6. The van der Waals surface area contributed by atoms with Crippen LogP contribution >= 0.6 is 0 Å². The van der Waals surface area contributed by atoms with Gasteiger partial charge in [0.1, 0.15) is 0 Å². The summed E-state index contributed by atoms with van der Waals surface area (Å²) < 4.78 is 0. The molecule has 0 aliphatic heterocycles. The van der Waals surface area contributed by atoms with Gasteiger partial charge in [-0.3, -0.25) is 19.7 Å². The van der Waals surface area contributed by atoms with Crippen LogP contribution in [0.2, 0.25) is 0 Å². The van der Waals surface area contributed by atoms with E-state index in [9.17, 15) is 19.7 Å². The number of nitrogens with zero attached hydrogens (tertiary/aromatic N) is 1. The lowest BCUT2D eigenvalue weighted by Gasteiger charge is -2.16. The van der Waals surface area contributed by atoms with Gasteiger partial charge in [0.15, 0.2) is 0 Å². The molecule has 7 heteroatoms. The Morgan fingerprint density at radius 2 is 1.60 bits per heavy atom. The summed E-state index contributed by atoms with van der Waals surface area (Å²) in [6.45, 7) is 3.48. The van der Waals surface area contributed by atoms with E-state index in [1.54, 1.807) is 31.2 Å². The van der Waals surface area contributed by atoms with E-state index in [1.807, 2.05) is 37.3 Å². The van der Waals surface area contributed by atoms with Crippen molar-refractivity contribution < 1.29 is 14.5 Å². The zero-order valence-electron chi connectivity index (χ0n) is 16.6. The fourth-order valence-corrected chi connectivity index (χ4v) is 3.03. The van der Waals surface area contributed by atoms with Gasteiger partial charge in [0.2, 0.25) is 0 Å². The number of rotatable bonds is 6. The lowest BCUT2D eigenvalue weighted by molar-refractivity contribution is -0.385. The summed E-state index contributed by atoms with van der Waals surface area (Å²) >= 11 is 0. The summed E-state index contributed by atoms with van der Waals surface area (Å²) in [4.78, 5) is 36.1. The Labute approximate surface area is 173 Å². The van der Waals surface area contributed by atoms with Crippen LogP contribution in [0, 0.1) is 17.0 Å². The average Bonchev–Trinajstić information content (AvgIpc) is 2.74. The molecule has 0 aromatic heterocycles. The van der Waals surface area contributed by atoms with E-state index >= 15 is 0 Å². The number of anilines is 1. The van der Waals surface area contributed by atoms with Crippen molar-refractivity contribution in [1.82, 2.24) is 5.32 Å². The van der Waals surface area contributed by atoms with Crippen LogP contribution in [0.25, 0.3) is 0 Å². The first kappa shape index (κ1) is 20.7. The Bertz CT molecular complexity index is 1100. The molecular formula is C23H21N3O4. The summed E-state index contributed by atoms with van der Waals surface area (Å²) in [6, 6.07) is 20.2. The lowest BCUT2D eigenvalue weighted by Crippen LogP contribution is -2.28. The van der Waals surface area contributed by atoms with Crippen LogP contribution in [0.3, 0.4) is 0 Å². The van der Waals surface area contributed by atoms with Crippen molar-refractivity contribution in [3.05, 3.63) is 105 Å². The molecule has 3 rings (SSSR count). The quantitative estimate of drug-likeness (QED) is 0.462. The number of benzene rings is 3. The van der Waals surface area contributed by atoms with Crippen molar-refractivity contribution >= 4 is 23.2 Å². The third-order valence-corrected chi connectivity index (χ3v) is 4.74. The van der Waals surface area contributed by atoms with Gasteiger partial charge in [-0.25, -0.2) is 0 Å². The van der Waals surface area contributed by atoms with Crippen LogP contribution in [0.1, 0.15) is 44.8 Å². The molecule has 3 aromatic rings. The third-order valence-electron chi connectivity index (χ3n) is 4.74. The highest BCUT2D eigenvalue weighted by molar-refractivity contribution is 6.09. The first-order valence-electron chi connectivity index (χ1n) is 9.38. The topological polar surface area (TPSA) is 101 Å². The predicted octanol–water partition coefficient (Wildman–Crippen LogP) is 4.65. The molecule has 0 fully saturated rings. The largest absolute Gasteiger partial charge is 0.345 e. The van der Waals surface area contributed by atoms with Gasteiger partial charge in [0.25, 0.3) is 17.5 Å². The van der Waals surface area contributed by atoms with Crippen molar-refractivity contribution in [2.45, 2.75) is 19.9 Å². The predicted molar refractivity (Wildman–Crippen MR) is 115 cm³/mol. The van der Waals surface area contributed by atoms with E-state index in [4.69, 9.17) is 0 Å². The second-order valence-electron chi connectivity index (χ2n) is 6.86. The maximum absolute atomic E-state index is 12.8. The van der Waals surface area contributed by atoms with Crippen LogP contribution < -0.4 is 10.6 Å². The molecule has 7 nitrogen and oxygen atoms in total. The van der Waals surface area contributed by atoms with E-state index in [2.05, 4.69) is 10.6 Å². The summed E-state index contributed by atoms with van der Waals surface area (Å²) in [5, 5.41) is 16.7. The highest BCUT2D eigenvalue weighted by Crippen LogP contribution is 2.22. The normalized spacial score (nSPS) is 11.4. The number of carbonyl (C=O) groups excluding carboxylic acids is 2. The number of nitrogens with one attached hydrogen (secondary N) is 2. The maximum atomic E-state index is 12.8. The minimum atomic E-state index is -0.533. The molecule has 2 N–H and O–H groups in total. The summed E-state index contributed by atoms with van der Waals surface area (Å²) in [5.41, 5.74) is 2.05. The lowest BCUT2D eigenvalue weighted by atomic mass is 10.1. The van der Waals surface area contributed by atoms with Crippen molar-refractivity contribution in [3.8, 4) is 0 Å². The summed E-state index contributed by atoms with van der Waals surface area (Å²) in [7, 11) is 0. The maximum Gasteiger partial charge on any atom is 0.273 e. The number of hydrogen-bond acceptors (Lipinski definition) is 4. The molecule has 0 bridgehead atoms. The molecule has 0 aliphatic carbocycles. The summed E-state index contributed by atoms with van der Waals surface area (Å²) in [6.07, 6.45) is 0. The molecule has 3 aromatic carbocycles. The van der Waals surface area contributed by atoms with Crippen LogP contribution in [-0.4, -0.2) is 16.7 Å². The van der Waals surface area contributed by atoms with Gasteiger partial charge in [-0.1, -0.05) is 48.5 Å². The van der Waals surface area contributed by atoms with Gasteiger partial charge in [-0.2, -0.15) is 0 Å². The Morgan fingerprint density at radius 3 is 2.30 bits per heavy atom. The number of nitro benzene ring substituents is 1. The Balaban J connectivity index is 1.80. The molecule has 0 spiro atoms. The molecule has 152 valence electrons. The summed E-state index contributed by atoms with van der Waals surface area (Å²) in [5.74, 6) is -0.869. The first-order chi connectivity index (χ1) is 14.4. The molecule has 2 amide bonds. The Morgan fingerprint density at radius 1 is 0.933 bits per heavy atom. The molecule has 0 saturated heterocycles.